The smallest absolute Gasteiger partial charge is 0.335 e. The molecule has 0 amide bonds. The molecule has 0 fully saturated rings. The molecule has 0 aromatic heterocycles. The number of rotatable bonds is 5. The monoisotopic (exact) mass is 351 g/mol. The highest BCUT2D eigenvalue weighted by atomic mass is 32.2. The second-order valence-corrected chi connectivity index (χ2v) is 7.59. The lowest BCUT2D eigenvalue weighted by atomic mass is 10.1. The number of aryl methyl sites for hydroxylation is 1. The Balaban J connectivity index is 2.44. The lowest BCUT2D eigenvalue weighted by Gasteiger charge is -2.13. The number of carboxylic acids is 1. The fourth-order valence-corrected chi connectivity index (χ4v) is 3.91. The maximum absolute atomic E-state index is 12.6. The number of benzene rings is 2. The molecular weight excluding hydrogens is 334 g/mol. The summed E-state index contributed by atoms with van der Waals surface area (Å²) in [5.74, 6) is -1.16. The molecule has 0 radical (unpaired) electrons. The second-order valence-electron chi connectivity index (χ2n) is 5.06. The van der Waals surface area contributed by atoms with Crippen LogP contribution in [0, 0.1) is 13.8 Å². The van der Waals surface area contributed by atoms with Crippen molar-refractivity contribution in [2.45, 2.75) is 23.6 Å². The summed E-state index contributed by atoms with van der Waals surface area (Å²) in [7, 11) is -3.86. The Bertz CT molecular complexity index is 843. The zero-order chi connectivity index (χ0) is 17.2. The van der Waals surface area contributed by atoms with Gasteiger partial charge in [0.2, 0.25) is 0 Å². The third kappa shape index (κ3) is 3.86. The van der Waals surface area contributed by atoms with E-state index in [9.17, 15) is 13.2 Å². The number of carboxylic acid groups (broad SMARTS) is 1. The van der Waals surface area contributed by atoms with Crippen molar-refractivity contribution in [2.24, 2.45) is 0 Å². The Morgan fingerprint density at radius 2 is 1.74 bits per heavy atom. The molecule has 2 N–H and O–H groups in total. The van der Waals surface area contributed by atoms with Crippen LogP contribution in [0.15, 0.2) is 46.2 Å². The van der Waals surface area contributed by atoms with Crippen LogP contribution in [0.3, 0.4) is 0 Å². The molecule has 2 rings (SSSR count). The average molecular weight is 351 g/mol. The van der Waals surface area contributed by atoms with Gasteiger partial charge in [0.1, 0.15) is 0 Å². The van der Waals surface area contributed by atoms with Crippen LogP contribution in [0.1, 0.15) is 21.5 Å². The van der Waals surface area contributed by atoms with Crippen molar-refractivity contribution in [3.05, 3.63) is 53.1 Å². The normalized spacial score (nSPS) is 11.3. The second kappa shape index (κ2) is 6.64. The van der Waals surface area contributed by atoms with Crippen LogP contribution >= 0.6 is 11.8 Å². The van der Waals surface area contributed by atoms with Gasteiger partial charge in [-0.3, -0.25) is 4.72 Å². The van der Waals surface area contributed by atoms with Gasteiger partial charge < -0.3 is 5.11 Å². The first kappa shape index (κ1) is 17.4. The number of nitrogens with one attached hydrogen (secondary N) is 1. The van der Waals surface area contributed by atoms with Gasteiger partial charge in [-0.2, -0.15) is 0 Å². The van der Waals surface area contributed by atoms with E-state index in [1.807, 2.05) is 18.4 Å². The molecule has 2 aromatic carbocycles. The van der Waals surface area contributed by atoms with Crippen LogP contribution in [0.4, 0.5) is 5.69 Å². The Morgan fingerprint density at radius 1 is 1.13 bits per heavy atom. The number of hydrogen-bond donors (Lipinski definition) is 2. The van der Waals surface area contributed by atoms with E-state index in [4.69, 9.17) is 5.11 Å². The van der Waals surface area contributed by atoms with Crippen LogP contribution in [-0.4, -0.2) is 25.7 Å². The van der Waals surface area contributed by atoms with E-state index < -0.39 is 16.0 Å². The molecule has 0 atom stereocenters. The van der Waals surface area contributed by atoms with Gasteiger partial charge in [-0.05, 0) is 67.6 Å². The summed E-state index contributed by atoms with van der Waals surface area (Å²) in [6.45, 7) is 3.35. The molecule has 0 aliphatic rings. The Kier molecular flexibility index (Phi) is 5.01. The van der Waals surface area contributed by atoms with Crippen molar-refractivity contribution in [3.8, 4) is 0 Å². The van der Waals surface area contributed by atoms with Gasteiger partial charge in [-0.15, -0.1) is 11.8 Å². The molecule has 0 saturated heterocycles. The van der Waals surface area contributed by atoms with Gasteiger partial charge >= 0.3 is 5.97 Å². The van der Waals surface area contributed by atoms with Crippen molar-refractivity contribution < 1.29 is 18.3 Å². The Morgan fingerprint density at radius 3 is 2.26 bits per heavy atom. The van der Waals surface area contributed by atoms with Gasteiger partial charge in [0, 0.05) is 10.6 Å². The first-order valence-electron chi connectivity index (χ1n) is 6.76. The highest BCUT2D eigenvalue weighted by molar-refractivity contribution is 7.98. The molecule has 5 nitrogen and oxygen atoms in total. The molecule has 2 aromatic rings. The molecule has 0 aliphatic carbocycles. The third-order valence-corrected chi connectivity index (χ3v) is 5.75. The standard InChI is InChI=1S/C16H17NO4S2/c1-10-8-12(16(18)19)9-15(11(10)2)23(20,21)17-13-4-6-14(22-3)7-5-13/h4-9,17H,1-3H3,(H,18,19). The van der Waals surface area contributed by atoms with Gasteiger partial charge in [-0.1, -0.05) is 0 Å². The highest BCUT2D eigenvalue weighted by Gasteiger charge is 2.20. The number of carbonyl (C=O) groups is 1. The number of aromatic carboxylic acids is 1. The predicted octanol–water partition coefficient (Wildman–Crippen LogP) is 3.52. The zero-order valence-electron chi connectivity index (χ0n) is 13.0. The minimum atomic E-state index is -3.86. The predicted molar refractivity (Wildman–Crippen MR) is 91.9 cm³/mol. The number of hydrogen-bond acceptors (Lipinski definition) is 4. The van der Waals surface area contributed by atoms with Crippen molar-refractivity contribution in [2.75, 3.05) is 11.0 Å². The summed E-state index contributed by atoms with van der Waals surface area (Å²) in [4.78, 5) is 12.2. The molecule has 0 heterocycles. The van der Waals surface area contributed by atoms with Crippen LogP contribution in [0.2, 0.25) is 0 Å². The molecule has 7 heteroatoms. The van der Waals surface area contributed by atoms with E-state index in [1.54, 1.807) is 37.7 Å². The maximum Gasteiger partial charge on any atom is 0.335 e. The van der Waals surface area contributed by atoms with Crippen LogP contribution < -0.4 is 4.72 Å². The van der Waals surface area contributed by atoms with E-state index in [1.165, 1.54) is 12.1 Å². The zero-order valence-corrected chi connectivity index (χ0v) is 14.6. The highest BCUT2D eigenvalue weighted by Crippen LogP contribution is 2.25. The van der Waals surface area contributed by atoms with E-state index in [-0.39, 0.29) is 10.5 Å². The van der Waals surface area contributed by atoms with Crippen molar-refractivity contribution in [1.29, 1.82) is 0 Å². The van der Waals surface area contributed by atoms with E-state index in [0.717, 1.165) is 4.90 Å². The van der Waals surface area contributed by atoms with Gasteiger partial charge in [0.05, 0.1) is 10.5 Å². The van der Waals surface area contributed by atoms with Gasteiger partial charge in [0.25, 0.3) is 10.0 Å². The average Bonchev–Trinajstić information content (AvgIpc) is 2.49. The van der Waals surface area contributed by atoms with E-state index in [0.29, 0.717) is 16.8 Å². The summed E-state index contributed by atoms with van der Waals surface area (Å²) in [5, 5.41) is 9.12. The fraction of sp³-hybridized carbons (Fsp3) is 0.188. The minimum absolute atomic E-state index is 0.0242. The summed E-state index contributed by atoms with van der Waals surface area (Å²) in [6, 6.07) is 9.62. The first-order valence-corrected chi connectivity index (χ1v) is 9.47. The first-order chi connectivity index (χ1) is 10.7. The van der Waals surface area contributed by atoms with Crippen molar-refractivity contribution in [1.82, 2.24) is 0 Å². The van der Waals surface area contributed by atoms with Crippen molar-refractivity contribution >= 4 is 33.4 Å². The molecular formula is C16H17NO4S2. The van der Waals surface area contributed by atoms with Crippen LogP contribution in [-0.2, 0) is 10.0 Å². The molecule has 0 aliphatic heterocycles. The van der Waals surface area contributed by atoms with E-state index >= 15 is 0 Å². The summed E-state index contributed by atoms with van der Waals surface area (Å²) in [6.07, 6.45) is 1.93. The summed E-state index contributed by atoms with van der Waals surface area (Å²) < 4.78 is 27.7. The molecule has 0 bridgehead atoms. The van der Waals surface area contributed by atoms with E-state index in [2.05, 4.69) is 4.72 Å². The maximum atomic E-state index is 12.6. The van der Waals surface area contributed by atoms with Crippen molar-refractivity contribution in [3.63, 3.8) is 0 Å². The largest absolute Gasteiger partial charge is 0.478 e. The quantitative estimate of drug-likeness (QED) is 0.805. The molecule has 0 unspecified atom stereocenters. The molecule has 0 spiro atoms. The fourth-order valence-electron chi connectivity index (χ4n) is 2.10. The van der Waals surface area contributed by atoms with Crippen LogP contribution in [0.25, 0.3) is 0 Å². The molecule has 23 heavy (non-hydrogen) atoms. The lowest BCUT2D eigenvalue weighted by Crippen LogP contribution is -2.16. The third-order valence-electron chi connectivity index (χ3n) is 3.50. The Labute approximate surface area is 139 Å². The summed E-state index contributed by atoms with van der Waals surface area (Å²) >= 11 is 1.56. The van der Waals surface area contributed by atoms with Crippen LogP contribution in [0.5, 0.6) is 0 Å². The van der Waals surface area contributed by atoms with Gasteiger partial charge in [0.15, 0.2) is 0 Å². The topological polar surface area (TPSA) is 83.5 Å². The lowest BCUT2D eigenvalue weighted by molar-refractivity contribution is 0.0696. The molecule has 122 valence electrons. The summed E-state index contributed by atoms with van der Waals surface area (Å²) in [5.41, 5.74) is 1.53. The minimum Gasteiger partial charge on any atom is -0.478 e. The number of thioether (sulfide) groups is 1. The Hall–Kier alpha value is -1.99. The number of sulfonamides is 1. The number of anilines is 1. The molecule has 0 saturated carbocycles. The SMILES string of the molecule is CSc1ccc(NS(=O)(=O)c2cc(C(=O)O)cc(C)c2C)cc1. The van der Waals surface area contributed by atoms with Gasteiger partial charge in [-0.25, -0.2) is 13.2 Å².